The lowest BCUT2D eigenvalue weighted by Crippen LogP contribution is -2.55. The van der Waals surface area contributed by atoms with Crippen LogP contribution in [0.2, 0.25) is 0 Å². The Morgan fingerprint density at radius 3 is 1.65 bits per heavy atom. The summed E-state index contributed by atoms with van der Waals surface area (Å²) >= 11 is 0. The van der Waals surface area contributed by atoms with E-state index in [4.69, 9.17) is 0 Å². The van der Waals surface area contributed by atoms with Gasteiger partial charge in [-0.3, -0.25) is 0 Å². The summed E-state index contributed by atoms with van der Waals surface area (Å²) in [6.07, 6.45) is 7.02. The van der Waals surface area contributed by atoms with Gasteiger partial charge >= 0.3 is 0 Å². The van der Waals surface area contributed by atoms with Crippen LogP contribution in [0.15, 0.2) is 170 Å². The normalized spacial score (nSPS) is 23.3. The minimum absolute atomic E-state index is 0.124. The minimum atomic E-state index is 0.124. The molecule has 0 aliphatic heterocycles. The first kappa shape index (κ1) is 30.6. The first-order valence-corrected chi connectivity index (χ1v) is 20.0. The number of benzene rings is 7. The monoisotopic (exact) mass is 694 g/mol. The molecular formula is C52H42N2. The van der Waals surface area contributed by atoms with E-state index in [1.54, 1.807) is 11.1 Å². The van der Waals surface area contributed by atoms with E-state index in [1.165, 1.54) is 98.9 Å². The van der Waals surface area contributed by atoms with Crippen LogP contribution >= 0.6 is 0 Å². The highest BCUT2D eigenvalue weighted by Crippen LogP contribution is 2.70. The van der Waals surface area contributed by atoms with E-state index in [0.717, 1.165) is 23.7 Å². The molecule has 1 aromatic heterocycles. The van der Waals surface area contributed by atoms with E-state index >= 15 is 0 Å². The molecule has 7 aromatic carbocycles. The van der Waals surface area contributed by atoms with Gasteiger partial charge in [-0.05, 0) is 138 Å². The molecule has 0 amide bonds. The highest BCUT2D eigenvalue weighted by atomic mass is 15.1. The van der Waals surface area contributed by atoms with Gasteiger partial charge in [-0.15, -0.1) is 0 Å². The second-order valence-electron chi connectivity index (χ2n) is 16.6. The molecule has 0 N–H and O–H groups in total. The van der Waals surface area contributed by atoms with Crippen molar-refractivity contribution in [3.8, 4) is 27.9 Å². The largest absolute Gasteiger partial charge is 0.310 e. The summed E-state index contributed by atoms with van der Waals surface area (Å²) in [5.41, 5.74) is 15.9. The van der Waals surface area contributed by atoms with Crippen LogP contribution in [0.3, 0.4) is 0 Å². The summed E-state index contributed by atoms with van der Waals surface area (Å²) in [5.74, 6) is 3.31. The maximum absolute atomic E-state index is 2.54. The number of nitrogens with zero attached hydrogens (tertiary/aromatic N) is 2. The number of anilines is 3. The van der Waals surface area contributed by atoms with Crippen LogP contribution in [0.5, 0.6) is 0 Å². The first-order chi connectivity index (χ1) is 26.8. The lowest BCUT2D eigenvalue weighted by Gasteiger charge is -2.61. The van der Waals surface area contributed by atoms with Crippen molar-refractivity contribution in [1.82, 2.24) is 4.57 Å². The van der Waals surface area contributed by atoms with E-state index in [1.807, 2.05) is 0 Å². The highest BCUT2D eigenvalue weighted by Gasteiger charge is 2.61. The van der Waals surface area contributed by atoms with Gasteiger partial charge < -0.3 is 9.47 Å². The average molecular weight is 695 g/mol. The molecule has 0 atom stereocenters. The van der Waals surface area contributed by atoms with Crippen LogP contribution < -0.4 is 4.90 Å². The Labute approximate surface area is 317 Å². The van der Waals surface area contributed by atoms with Gasteiger partial charge in [0, 0.05) is 38.8 Å². The Morgan fingerprint density at radius 1 is 0.444 bits per heavy atom. The number of fused-ring (bicyclic) bond motifs is 6. The van der Waals surface area contributed by atoms with E-state index in [0.29, 0.717) is 0 Å². The molecular weight excluding hydrogens is 653 g/mol. The maximum atomic E-state index is 2.54. The minimum Gasteiger partial charge on any atom is -0.310 e. The Bertz CT molecular complexity index is 2640. The summed E-state index contributed by atoms with van der Waals surface area (Å²) in [6, 6.07) is 63.6. The molecule has 13 rings (SSSR count). The van der Waals surface area contributed by atoms with Crippen LogP contribution in [-0.4, -0.2) is 4.57 Å². The molecule has 2 nitrogen and oxygen atoms in total. The predicted octanol–water partition coefficient (Wildman–Crippen LogP) is 13.6. The van der Waals surface area contributed by atoms with Gasteiger partial charge in [0.05, 0.1) is 16.7 Å². The smallest absolute Gasteiger partial charge is 0.0543 e. The van der Waals surface area contributed by atoms with Gasteiger partial charge in [0.15, 0.2) is 0 Å². The van der Waals surface area contributed by atoms with Crippen LogP contribution in [-0.2, 0) is 5.41 Å². The quantitative estimate of drug-likeness (QED) is 0.174. The molecule has 0 unspecified atom stereocenters. The van der Waals surface area contributed by atoms with Crippen molar-refractivity contribution in [1.29, 1.82) is 0 Å². The van der Waals surface area contributed by atoms with Gasteiger partial charge in [-0.1, -0.05) is 115 Å². The molecule has 4 saturated carbocycles. The molecule has 0 saturated heterocycles. The fraction of sp³-hybridized carbons (Fsp3) is 0.192. The van der Waals surface area contributed by atoms with E-state index in [-0.39, 0.29) is 5.41 Å². The van der Waals surface area contributed by atoms with Crippen molar-refractivity contribution >= 4 is 38.9 Å². The van der Waals surface area contributed by atoms with Gasteiger partial charge in [-0.25, -0.2) is 0 Å². The summed E-state index contributed by atoms with van der Waals surface area (Å²) in [6.45, 7) is 0. The zero-order valence-electron chi connectivity index (χ0n) is 30.4. The SMILES string of the molecule is c1ccc(-c2ccc(N(c3ccc(-n4c5ccccc5c5ccccc54)cc3)c3cccc4c3-c3ccccc3C43C4CC5CC(C4)CC3C5)cc2)cc1. The van der Waals surface area contributed by atoms with Gasteiger partial charge in [0.25, 0.3) is 0 Å². The fourth-order valence-electron chi connectivity index (χ4n) is 12.2. The van der Waals surface area contributed by atoms with E-state index in [9.17, 15) is 0 Å². The average Bonchev–Trinajstić information content (AvgIpc) is 3.72. The number of rotatable bonds is 5. The molecule has 0 radical (unpaired) electrons. The predicted molar refractivity (Wildman–Crippen MR) is 224 cm³/mol. The second-order valence-corrected chi connectivity index (χ2v) is 16.6. The zero-order valence-corrected chi connectivity index (χ0v) is 30.4. The molecule has 54 heavy (non-hydrogen) atoms. The second kappa shape index (κ2) is 11.6. The zero-order chi connectivity index (χ0) is 35.4. The summed E-state index contributed by atoms with van der Waals surface area (Å²) in [7, 11) is 0. The molecule has 4 fully saturated rings. The van der Waals surface area contributed by atoms with Crippen LogP contribution in [0.25, 0.3) is 49.7 Å². The molecule has 1 heterocycles. The first-order valence-electron chi connectivity index (χ1n) is 20.0. The topological polar surface area (TPSA) is 8.17 Å². The van der Waals surface area contributed by atoms with E-state index < -0.39 is 0 Å². The van der Waals surface area contributed by atoms with Gasteiger partial charge in [0.1, 0.15) is 0 Å². The third kappa shape index (κ3) is 4.23. The van der Waals surface area contributed by atoms with Gasteiger partial charge in [0.2, 0.25) is 0 Å². The Kier molecular flexibility index (Phi) is 6.55. The summed E-state index contributed by atoms with van der Waals surface area (Å²) in [5, 5.41) is 2.57. The summed E-state index contributed by atoms with van der Waals surface area (Å²) in [4.78, 5) is 2.54. The third-order valence-electron chi connectivity index (χ3n) is 14.0. The van der Waals surface area contributed by atoms with Crippen LogP contribution in [0.1, 0.15) is 43.2 Å². The number of hydrogen-bond donors (Lipinski definition) is 0. The lowest BCUT2D eigenvalue weighted by molar-refractivity contribution is -0.0399. The highest BCUT2D eigenvalue weighted by molar-refractivity contribution is 6.09. The van der Waals surface area contributed by atoms with Gasteiger partial charge in [-0.2, -0.15) is 0 Å². The fourth-order valence-corrected chi connectivity index (χ4v) is 12.2. The molecule has 2 heteroatoms. The maximum Gasteiger partial charge on any atom is 0.0543 e. The van der Waals surface area contributed by atoms with E-state index in [2.05, 4.69) is 179 Å². The molecule has 8 aromatic rings. The Hall–Kier alpha value is -5.86. The molecule has 260 valence electrons. The van der Waals surface area contributed by atoms with Crippen molar-refractivity contribution in [2.24, 2.45) is 23.7 Å². The van der Waals surface area contributed by atoms with Crippen molar-refractivity contribution < 1.29 is 0 Å². The molecule has 1 spiro atoms. The van der Waals surface area contributed by atoms with Crippen molar-refractivity contribution in [2.75, 3.05) is 4.90 Å². The van der Waals surface area contributed by atoms with Crippen molar-refractivity contribution in [3.63, 3.8) is 0 Å². The molecule has 5 aliphatic carbocycles. The van der Waals surface area contributed by atoms with Crippen LogP contribution in [0, 0.1) is 23.7 Å². The molecule has 4 bridgehead atoms. The Balaban J connectivity index is 1.05. The Morgan fingerprint density at radius 2 is 0.981 bits per heavy atom. The molecule has 5 aliphatic rings. The standard InChI is InChI=1S/C52H42N2/c1-2-11-36(12-3-1)37-21-23-40(24-22-37)53(41-25-27-42(28-26-41)54-48-18-8-5-13-43(48)44-14-6-9-19-49(44)54)50-20-10-17-47-51(50)45-15-4-7-16-46(45)52(47)38-30-34-29-35(32-38)33-39(52)31-34/h1-28,34-35,38-39H,29-33H2. The van der Waals surface area contributed by atoms with Crippen LogP contribution in [0.4, 0.5) is 17.1 Å². The number of para-hydroxylation sites is 2. The number of hydrogen-bond acceptors (Lipinski definition) is 1. The van der Waals surface area contributed by atoms with Crippen molar-refractivity contribution in [3.05, 3.63) is 181 Å². The third-order valence-corrected chi connectivity index (χ3v) is 14.0. The lowest BCUT2D eigenvalue weighted by atomic mass is 9.43. The summed E-state index contributed by atoms with van der Waals surface area (Å²) < 4.78 is 2.42. The van der Waals surface area contributed by atoms with Crippen molar-refractivity contribution in [2.45, 2.75) is 37.5 Å². The number of aromatic nitrogens is 1.